The van der Waals surface area contributed by atoms with Gasteiger partial charge in [0, 0.05) is 39.1 Å². The van der Waals surface area contributed by atoms with E-state index in [-0.39, 0.29) is 11.8 Å². The van der Waals surface area contributed by atoms with E-state index in [0.29, 0.717) is 25.3 Å². The predicted octanol–water partition coefficient (Wildman–Crippen LogP) is 1.00. The van der Waals surface area contributed by atoms with Crippen molar-refractivity contribution in [1.29, 1.82) is 0 Å². The Morgan fingerprint density at radius 2 is 2.26 bits per heavy atom. The molecule has 1 atom stereocenters. The van der Waals surface area contributed by atoms with Crippen molar-refractivity contribution >= 4 is 22.8 Å². The molecule has 1 amide bonds. The van der Waals surface area contributed by atoms with Crippen molar-refractivity contribution in [2.45, 2.75) is 12.8 Å². The van der Waals surface area contributed by atoms with Crippen LogP contribution in [0, 0.1) is 5.92 Å². The predicted molar refractivity (Wildman–Crippen MR) is 87.2 cm³/mol. The third kappa shape index (κ3) is 3.73. The van der Waals surface area contributed by atoms with Gasteiger partial charge in [0.2, 0.25) is 5.91 Å². The third-order valence-electron chi connectivity index (χ3n) is 4.07. The van der Waals surface area contributed by atoms with Crippen molar-refractivity contribution in [1.82, 2.24) is 20.3 Å². The van der Waals surface area contributed by atoms with Crippen LogP contribution in [-0.4, -0.2) is 54.2 Å². The highest BCUT2D eigenvalue weighted by Crippen LogP contribution is 2.24. The van der Waals surface area contributed by atoms with E-state index in [1.165, 1.54) is 0 Å². The van der Waals surface area contributed by atoms with E-state index >= 15 is 0 Å². The standard InChI is InChI=1S/C16H21N5O2/c1-23-8-6-19-16(22)12-3-2-7-21(11-12)13-9-14-15(20-10-13)18-5-4-17-14/h4-5,9-10,12H,2-3,6-8,11H2,1H3,(H,19,22)/t12-/m0/s1. The smallest absolute Gasteiger partial charge is 0.224 e. The van der Waals surface area contributed by atoms with Gasteiger partial charge in [0.15, 0.2) is 5.65 Å². The number of fused-ring (bicyclic) bond motifs is 1. The highest BCUT2D eigenvalue weighted by Gasteiger charge is 2.26. The monoisotopic (exact) mass is 315 g/mol. The summed E-state index contributed by atoms with van der Waals surface area (Å²) in [6.07, 6.45) is 7.01. The Morgan fingerprint density at radius 3 is 3.13 bits per heavy atom. The van der Waals surface area contributed by atoms with Crippen molar-refractivity contribution in [3.63, 3.8) is 0 Å². The molecule has 23 heavy (non-hydrogen) atoms. The normalized spacial score (nSPS) is 18.1. The Hall–Kier alpha value is -2.28. The molecule has 7 nitrogen and oxygen atoms in total. The summed E-state index contributed by atoms with van der Waals surface area (Å²) >= 11 is 0. The zero-order chi connectivity index (χ0) is 16.1. The molecule has 0 aromatic carbocycles. The van der Waals surface area contributed by atoms with Gasteiger partial charge in [0.25, 0.3) is 0 Å². The number of hydrogen-bond acceptors (Lipinski definition) is 6. The van der Waals surface area contributed by atoms with Gasteiger partial charge >= 0.3 is 0 Å². The fraction of sp³-hybridized carbons (Fsp3) is 0.500. The number of ether oxygens (including phenoxy) is 1. The number of rotatable bonds is 5. The summed E-state index contributed by atoms with van der Waals surface area (Å²) in [5, 5.41) is 2.93. The number of nitrogens with one attached hydrogen (secondary N) is 1. The Morgan fingerprint density at radius 1 is 1.39 bits per heavy atom. The SMILES string of the molecule is COCCNC(=O)[C@H]1CCCN(c2cnc3nccnc3c2)C1. The topological polar surface area (TPSA) is 80.2 Å². The quantitative estimate of drug-likeness (QED) is 0.829. The molecule has 0 radical (unpaired) electrons. The van der Waals surface area contributed by atoms with Crippen LogP contribution in [0.25, 0.3) is 11.2 Å². The zero-order valence-corrected chi connectivity index (χ0v) is 13.2. The molecule has 1 aliphatic heterocycles. The van der Waals surface area contributed by atoms with Gasteiger partial charge in [-0.3, -0.25) is 9.78 Å². The summed E-state index contributed by atoms with van der Waals surface area (Å²) in [6, 6.07) is 1.99. The van der Waals surface area contributed by atoms with E-state index in [9.17, 15) is 4.79 Å². The third-order valence-corrected chi connectivity index (χ3v) is 4.07. The van der Waals surface area contributed by atoms with Crippen LogP contribution in [0.3, 0.4) is 0 Å². The van der Waals surface area contributed by atoms with Gasteiger partial charge in [0.05, 0.1) is 24.4 Å². The number of hydrogen-bond donors (Lipinski definition) is 1. The Kier molecular flexibility index (Phi) is 4.97. The summed E-state index contributed by atoms with van der Waals surface area (Å²) in [5.41, 5.74) is 2.41. The second-order valence-corrected chi connectivity index (χ2v) is 5.66. The molecule has 1 saturated heterocycles. The van der Waals surface area contributed by atoms with E-state index in [1.54, 1.807) is 19.5 Å². The molecule has 0 saturated carbocycles. The van der Waals surface area contributed by atoms with Gasteiger partial charge < -0.3 is 15.0 Å². The largest absolute Gasteiger partial charge is 0.383 e. The molecule has 7 heteroatoms. The molecule has 2 aromatic heterocycles. The fourth-order valence-corrected chi connectivity index (χ4v) is 2.87. The van der Waals surface area contributed by atoms with Crippen LogP contribution in [0.2, 0.25) is 0 Å². The highest BCUT2D eigenvalue weighted by atomic mass is 16.5. The Balaban J connectivity index is 1.68. The number of pyridine rings is 1. The molecular formula is C16H21N5O2. The fourth-order valence-electron chi connectivity index (χ4n) is 2.87. The van der Waals surface area contributed by atoms with Crippen molar-refractivity contribution < 1.29 is 9.53 Å². The zero-order valence-electron chi connectivity index (χ0n) is 13.2. The van der Waals surface area contributed by atoms with Crippen molar-refractivity contribution in [2.24, 2.45) is 5.92 Å². The van der Waals surface area contributed by atoms with E-state index < -0.39 is 0 Å². The highest BCUT2D eigenvalue weighted by molar-refractivity contribution is 5.80. The summed E-state index contributed by atoms with van der Waals surface area (Å²) in [4.78, 5) is 27.3. The summed E-state index contributed by atoms with van der Waals surface area (Å²) < 4.78 is 4.96. The van der Waals surface area contributed by atoms with E-state index in [1.807, 2.05) is 12.3 Å². The summed E-state index contributed by atoms with van der Waals surface area (Å²) in [6.45, 7) is 2.72. The average molecular weight is 315 g/mol. The number of piperidine rings is 1. The lowest BCUT2D eigenvalue weighted by Gasteiger charge is -2.33. The van der Waals surface area contributed by atoms with Crippen molar-refractivity contribution in [2.75, 3.05) is 38.3 Å². The van der Waals surface area contributed by atoms with Crippen molar-refractivity contribution in [3.8, 4) is 0 Å². The first-order valence-electron chi connectivity index (χ1n) is 7.86. The summed E-state index contributed by atoms with van der Waals surface area (Å²) in [5.74, 6) is 0.0958. The van der Waals surface area contributed by atoms with Crippen LogP contribution in [0.1, 0.15) is 12.8 Å². The van der Waals surface area contributed by atoms with E-state index in [4.69, 9.17) is 4.74 Å². The maximum atomic E-state index is 12.2. The lowest BCUT2D eigenvalue weighted by atomic mass is 9.97. The molecule has 2 aromatic rings. The van der Waals surface area contributed by atoms with Gasteiger partial charge in [-0.05, 0) is 18.9 Å². The first-order valence-corrected chi connectivity index (χ1v) is 7.86. The van der Waals surface area contributed by atoms with Gasteiger partial charge in [-0.1, -0.05) is 0 Å². The number of carbonyl (C=O) groups excluding carboxylic acids is 1. The minimum absolute atomic E-state index is 0.00170. The Bertz CT molecular complexity index is 678. The molecule has 0 spiro atoms. The molecule has 3 rings (SSSR count). The van der Waals surface area contributed by atoms with Crippen LogP contribution in [-0.2, 0) is 9.53 Å². The number of anilines is 1. The van der Waals surface area contributed by atoms with Gasteiger partial charge in [-0.25, -0.2) is 9.97 Å². The van der Waals surface area contributed by atoms with E-state index in [0.717, 1.165) is 30.6 Å². The van der Waals surface area contributed by atoms with Gasteiger partial charge in [0.1, 0.15) is 5.52 Å². The van der Waals surface area contributed by atoms with E-state index in [2.05, 4.69) is 25.2 Å². The maximum Gasteiger partial charge on any atom is 0.224 e. The first-order chi connectivity index (χ1) is 11.3. The van der Waals surface area contributed by atoms with Crippen LogP contribution in [0.5, 0.6) is 0 Å². The molecule has 1 N–H and O–H groups in total. The molecule has 3 heterocycles. The number of aromatic nitrogens is 3. The molecule has 0 bridgehead atoms. The van der Waals surface area contributed by atoms with Crippen molar-refractivity contribution in [3.05, 3.63) is 24.7 Å². The summed E-state index contributed by atoms with van der Waals surface area (Å²) in [7, 11) is 1.63. The average Bonchev–Trinajstić information content (AvgIpc) is 2.61. The number of carbonyl (C=O) groups is 1. The second kappa shape index (κ2) is 7.32. The lowest BCUT2D eigenvalue weighted by Crippen LogP contribution is -2.43. The molecule has 1 aliphatic rings. The molecular weight excluding hydrogens is 294 g/mol. The van der Waals surface area contributed by atoms with Crippen LogP contribution >= 0.6 is 0 Å². The van der Waals surface area contributed by atoms with Gasteiger partial charge in [-0.15, -0.1) is 0 Å². The van der Waals surface area contributed by atoms with Crippen LogP contribution in [0.4, 0.5) is 5.69 Å². The number of nitrogens with zero attached hydrogens (tertiary/aromatic N) is 4. The van der Waals surface area contributed by atoms with Gasteiger partial charge in [-0.2, -0.15) is 0 Å². The lowest BCUT2D eigenvalue weighted by molar-refractivity contribution is -0.125. The second-order valence-electron chi connectivity index (χ2n) is 5.66. The first kappa shape index (κ1) is 15.6. The number of amides is 1. The molecule has 122 valence electrons. The molecule has 0 aliphatic carbocycles. The maximum absolute atomic E-state index is 12.2. The molecule has 0 unspecified atom stereocenters. The minimum atomic E-state index is -0.00170. The minimum Gasteiger partial charge on any atom is -0.383 e. The number of methoxy groups -OCH3 is 1. The molecule has 1 fully saturated rings. The Labute approximate surface area is 135 Å². The van der Waals surface area contributed by atoms with Crippen LogP contribution < -0.4 is 10.2 Å². The van der Waals surface area contributed by atoms with Crippen LogP contribution in [0.15, 0.2) is 24.7 Å².